The molecule has 0 heterocycles. The summed E-state index contributed by atoms with van der Waals surface area (Å²) in [4.78, 5) is 0. The monoisotopic (exact) mass is 250 g/mol. The van der Waals surface area contributed by atoms with Crippen molar-refractivity contribution in [3.8, 4) is 0 Å². The van der Waals surface area contributed by atoms with Gasteiger partial charge in [-0.3, -0.25) is 0 Å². The molecule has 0 spiro atoms. The predicted molar refractivity (Wildman–Crippen MR) is 53.4 cm³/mol. The van der Waals surface area contributed by atoms with E-state index in [9.17, 15) is 0 Å². The summed E-state index contributed by atoms with van der Waals surface area (Å²) in [6.07, 6.45) is 11.8. The molecule has 0 radical (unpaired) electrons. The molecule has 0 amide bonds. The van der Waals surface area contributed by atoms with Gasteiger partial charge in [-0.05, 0) is 0 Å². The van der Waals surface area contributed by atoms with Gasteiger partial charge in [0.05, 0.1) is 0 Å². The van der Waals surface area contributed by atoms with E-state index in [0.29, 0.717) is 0 Å². The van der Waals surface area contributed by atoms with Crippen molar-refractivity contribution in [3.05, 3.63) is 13.3 Å². The van der Waals surface area contributed by atoms with Crippen LogP contribution in [0.4, 0.5) is 0 Å². The van der Waals surface area contributed by atoms with Crippen molar-refractivity contribution in [3.63, 3.8) is 0 Å². The van der Waals surface area contributed by atoms with Gasteiger partial charge in [-0.2, -0.15) is 19.3 Å². The van der Waals surface area contributed by atoms with Gasteiger partial charge >= 0.3 is 41.9 Å². The average molecular weight is 251 g/mol. The van der Waals surface area contributed by atoms with Gasteiger partial charge in [0.2, 0.25) is 0 Å². The minimum atomic E-state index is 0. The minimum Gasteiger partial charge on any atom is -1.00 e. The van der Waals surface area contributed by atoms with Crippen LogP contribution in [0.1, 0.15) is 51.9 Å². The quantitative estimate of drug-likeness (QED) is 0.354. The summed E-state index contributed by atoms with van der Waals surface area (Å²) in [6.45, 7) is 5.72. The summed E-state index contributed by atoms with van der Waals surface area (Å²) in [5.74, 6) is 0. The van der Waals surface area contributed by atoms with Gasteiger partial charge in [0.1, 0.15) is 0 Å². The standard InChI is InChI=1S/C6H11.C4H9.BrH.Li.Mg/c1-2-4-6-5-3-1;1-3-4-2;;;/h1H,2-6H2;1,3-4H2,2H3;1H;;/q2*-1;;+1;+2/p-1. The van der Waals surface area contributed by atoms with Crippen LogP contribution in [0.5, 0.6) is 0 Å². The van der Waals surface area contributed by atoms with E-state index >= 15 is 0 Å². The Bertz CT molecular complexity index is 45.4. The first-order chi connectivity index (χ1) is 4.91. The van der Waals surface area contributed by atoms with Crippen LogP contribution in [0.2, 0.25) is 0 Å². The van der Waals surface area contributed by atoms with E-state index in [1.165, 1.54) is 38.5 Å². The second-order valence-electron chi connectivity index (χ2n) is 2.78. The molecule has 0 aromatic heterocycles. The Hall–Kier alpha value is 1.84. The van der Waals surface area contributed by atoms with Crippen molar-refractivity contribution in [2.24, 2.45) is 0 Å². The molecule has 0 bridgehead atoms. The van der Waals surface area contributed by atoms with Gasteiger partial charge in [-0.25, -0.2) is 0 Å². The van der Waals surface area contributed by atoms with Crippen molar-refractivity contribution < 1.29 is 35.8 Å². The summed E-state index contributed by atoms with van der Waals surface area (Å²) in [6, 6.07) is 0. The summed E-state index contributed by atoms with van der Waals surface area (Å²) in [5, 5.41) is 0. The molecule has 1 aliphatic rings. The third kappa shape index (κ3) is 24.8. The maximum Gasteiger partial charge on any atom is 2.00 e. The van der Waals surface area contributed by atoms with Gasteiger partial charge in [0.25, 0.3) is 0 Å². The largest absolute Gasteiger partial charge is 2.00 e. The first-order valence-electron chi connectivity index (χ1n) is 4.52. The molecule has 0 aliphatic heterocycles. The number of hydrogen-bond donors (Lipinski definition) is 0. The molecule has 0 nitrogen and oxygen atoms in total. The summed E-state index contributed by atoms with van der Waals surface area (Å²) >= 11 is 0. The Morgan fingerprint density at radius 3 is 1.62 bits per heavy atom. The Balaban J connectivity index is -0.0000000536. The van der Waals surface area contributed by atoms with Crippen molar-refractivity contribution in [1.82, 2.24) is 0 Å². The Kier molecular flexibility index (Phi) is 43.9. The van der Waals surface area contributed by atoms with Crippen LogP contribution in [0, 0.1) is 13.3 Å². The van der Waals surface area contributed by atoms with Crippen LogP contribution >= 0.6 is 0 Å². The number of rotatable bonds is 1. The van der Waals surface area contributed by atoms with E-state index in [0.717, 1.165) is 6.42 Å². The van der Waals surface area contributed by atoms with Crippen molar-refractivity contribution in [1.29, 1.82) is 0 Å². The van der Waals surface area contributed by atoms with Gasteiger partial charge in [0, 0.05) is 0 Å². The predicted octanol–water partition coefficient (Wildman–Crippen LogP) is -2.60. The van der Waals surface area contributed by atoms with Crippen molar-refractivity contribution >= 4 is 23.1 Å². The molecule has 0 aromatic carbocycles. The molecule has 13 heavy (non-hydrogen) atoms. The number of hydrogen-bond acceptors (Lipinski definition) is 0. The minimum absolute atomic E-state index is 0. The molecular weight excluding hydrogens is 231 g/mol. The fourth-order valence-corrected chi connectivity index (χ4v) is 0.898. The van der Waals surface area contributed by atoms with Crippen LogP contribution in [0.3, 0.4) is 0 Å². The molecule has 0 atom stereocenters. The number of halogens is 1. The van der Waals surface area contributed by atoms with E-state index in [1.54, 1.807) is 0 Å². The number of unbranched alkanes of at least 4 members (excludes halogenated alkanes) is 1. The van der Waals surface area contributed by atoms with Gasteiger partial charge in [0.15, 0.2) is 0 Å². The summed E-state index contributed by atoms with van der Waals surface area (Å²) < 4.78 is 0. The van der Waals surface area contributed by atoms with Crippen molar-refractivity contribution in [2.45, 2.75) is 51.9 Å². The van der Waals surface area contributed by atoms with Gasteiger partial charge in [-0.1, -0.05) is 32.6 Å². The third-order valence-corrected chi connectivity index (χ3v) is 1.67. The zero-order chi connectivity index (χ0) is 7.66. The zero-order valence-corrected chi connectivity index (χ0v) is 12.3. The molecule has 1 saturated carbocycles. The Morgan fingerprint density at radius 2 is 1.54 bits per heavy atom. The second kappa shape index (κ2) is 23.6. The van der Waals surface area contributed by atoms with Gasteiger partial charge in [-0.15, -0.1) is 0 Å². The first-order valence-corrected chi connectivity index (χ1v) is 4.52. The Labute approximate surface area is 123 Å². The molecular formula is C10H20BrLiMg. The van der Waals surface area contributed by atoms with Crippen LogP contribution in [0.15, 0.2) is 0 Å². The summed E-state index contributed by atoms with van der Waals surface area (Å²) in [7, 11) is 0. The average Bonchev–Trinajstić information content (AvgIpc) is 2.08. The molecule has 1 aliphatic carbocycles. The molecule has 0 N–H and O–H groups in total. The first kappa shape index (κ1) is 24.2. The van der Waals surface area contributed by atoms with E-state index in [-0.39, 0.29) is 58.9 Å². The van der Waals surface area contributed by atoms with E-state index in [4.69, 9.17) is 0 Å². The fourth-order valence-electron chi connectivity index (χ4n) is 0.898. The molecule has 1 rings (SSSR count). The van der Waals surface area contributed by atoms with Crippen molar-refractivity contribution in [2.75, 3.05) is 0 Å². The SMILES string of the molecule is [Br-].[CH-]1CCCCC1.[CH2-]CCC.[Li+].[Mg+2]. The fraction of sp³-hybridized carbons (Fsp3) is 0.800. The molecule has 0 aromatic rings. The second-order valence-corrected chi connectivity index (χ2v) is 2.78. The summed E-state index contributed by atoms with van der Waals surface area (Å²) in [5.41, 5.74) is 0. The van der Waals surface area contributed by atoms with E-state index < -0.39 is 0 Å². The molecule has 3 heteroatoms. The van der Waals surface area contributed by atoms with Crippen LogP contribution in [-0.2, 0) is 0 Å². The molecule has 0 saturated heterocycles. The van der Waals surface area contributed by atoms with Crippen LogP contribution < -0.4 is 35.8 Å². The van der Waals surface area contributed by atoms with Crippen LogP contribution in [0.25, 0.3) is 0 Å². The Morgan fingerprint density at radius 1 is 1.15 bits per heavy atom. The molecule has 0 unspecified atom stereocenters. The van der Waals surface area contributed by atoms with Crippen LogP contribution in [-0.4, -0.2) is 23.1 Å². The molecule has 1 fully saturated rings. The normalized spacial score (nSPS) is 13.4. The zero-order valence-electron chi connectivity index (χ0n) is 9.32. The third-order valence-electron chi connectivity index (χ3n) is 1.67. The molecule has 70 valence electrons. The van der Waals surface area contributed by atoms with E-state index in [1.807, 2.05) is 0 Å². The maximum atomic E-state index is 3.60. The smallest absolute Gasteiger partial charge is 1.00 e. The maximum absolute atomic E-state index is 3.60. The van der Waals surface area contributed by atoms with E-state index in [2.05, 4.69) is 20.3 Å². The van der Waals surface area contributed by atoms with Gasteiger partial charge < -0.3 is 30.3 Å². The topological polar surface area (TPSA) is 0 Å².